The number of rotatable bonds is 3. The van der Waals surface area contributed by atoms with Crippen molar-refractivity contribution in [3.8, 4) is 11.5 Å². The van der Waals surface area contributed by atoms with Crippen LogP contribution < -0.4 is 14.8 Å². The smallest absolute Gasteiger partial charge is 0.163 e. The second kappa shape index (κ2) is 6.01. The highest BCUT2D eigenvalue weighted by Crippen LogP contribution is 2.38. The lowest BCUT2D eigenvalue weighted by molar-refractivity contribution is 0.171. The second-order valence-corrected chi connectivity index (χ2v) is 6.07. The van der Waals surface area contributed by atoms with Gasteiger partial charge in [-0.15, -0.1) is 0 Å². The molecule has 4 nitrogen and oxygen atoms in total. The Morgan fingerprint density at radius 1 is 1.10 bits per heavy atom. The van der Waals surface area contributed by atoms with E-state index in [1.54, 1.807) is 6.20 Å². The quantitative estimate of drug-likeness (QED) is 0.847. The third-order valence-electron chi connectivity index (χ3n) is 2.88. The average Bonchev–Trinajstić information content (AvgIpc) is 2.47. The van der Waals surface area contributed by atoms with Gasteiger partial charge in [-0.05, 0) is 44.0 Å². The predicted octanol–water partition coefficient (Wildman–Crippen LogP) is 3.99. The summed E-state index contributed by atoms with van der Waals surface area (Å²) in [6.07, 6.45) is 1.79. The van der Waals surface area contributed by atoms with Crippen molar-refractivity contribution < 1.29 is 9.47 Å². The molecule has 1 aromatic carbocycles. The predicted molar refractivity (Wildman–Crippen MR) is 84.4 cm³/mol. The van der Waals surface area contributed by atoms with Crippen LogP contribution in [0.1, 0.15) is 5.69 Å². The number of ether oxygens (including phenoxy) is 2. The number of hydrogen-bond donors (Lipinski definition) is 1. The molecule has 2 heterocycles. The van der Waals surface area contributed by atoms with Gasteiger partial charge in [-0.3, -0.25) is 4.98 Å². The maximum Gasteiger partial charge on any atom is 0.163 e. The van der Waals surface area contributed by atoms with E-state index >= 15 is 0 Å². The van der Waals surface area contributed by atoms with Crippen LogP contribution >= 0.6 is 31.9 Å². The van der Waals surface area contributed by atoms with Gasteiger partial charge in [0.15, 0.2) is 11.5 Å². The van der Waals surface area contributed by atoms with Crippen molar-refractivity contribution in [2.24, 2.45) is 0 Å². The molecule has 1 aliphatic rings. The first-order chi connectivity index (χ1) is 9.72. The molecule has 0 saturated heterocycles. The topological polar surface area (TPSA) is 43.4 Å². The lowest BCUT2D eigenvalue weighted by atomic mass is 10.2. The fourth-order valence-electron chi connectivity index (χ4n) is 1.90. The largest absolute Gasteiger partial charge is 0.486 e. The minimum atomic E-state index is 0.586. The van der Waals surface area contributed by atoms with Gasteiger partial charge >= 0.3 is 0 Å². The first-order valence-corrected chi connectivity index (χ1v) is 7.74. The molecule has 0 fully saturated rings. The van der Waals surface area contributed by atoms with Crippen LogP contribution in [0.25, 0.3) is 0 Å². The van der Waals surface area contributed by atoms with Gasteiger partial charge in [-0.1, -0.05) is 0 Å². The number of anilines is 1. The Hall–Kier alpha value is -1.27. The normalized spacial score (nSPS) is 13.1. The van der Waals surface area contributed by atoms with E-state index in [0.29, 0.717) is 19.8 Å². The molecule has 1 N–H and O–H groups in total. The maximum absolute atomic E-state index is 5.58. The molecular weight excluding hydrogens is 388 g/mol. The van der Waals surface area contributed by atoms with Crippen LogP contribution in [0, 0.1) is 0 Å². The Morgan fingerprint density at radius 3 is 2.55 bits per heavy atom. The van der Waals surface area contributed by atoms with Crippen LogP contribution in [-0.2, 0) is 6.54 Å². The molecule has 0 unspecified atom stereocenters. The minimum Gasteiger partial charge on any atom is -0.486 e. The van der Waals surface area contributed by atoms with E-state index < -0.39 is 0 Å². The molecular formula is C14H12Br2N2O2. The van der Waals surface area contributed by atoms with Gasteiger partial charge in [0.1, 0.15) is 13.2 Å². The Labute approximate surface area is 133 Å². The van der Waals surface area contributed by atoms with E-state index in [1.165, 1.54) is 0 Å². The fraction of sp³-hybridized carbons (Fsp3) is 0.214. The number of benzene rings is 1. The van der Waals surface area contributed by atoms with E-state index in [2.05, 4.69) is 42.2 Å². The summed E-state index contributed by atoms with van der Waals surface area (Å²) in [5, 5.41) is 3.34. The summed E-state index contributed by atoms with van der Waals surface area (Å²) in [5.41, 5.74) is 1.92. The van der Waals surface area contributed by atoms with Gasteiger partial charge in [0.25, 0.3) is 0 Å². The molecule has 104 valence electrons. The number of nitrogens with one attached hydrogen (secondary N) is 1. The van der Waals surface area contributed by atoms with E-state index in [4.69, 9.17) is 9.47 Å². The first-order valence-electron chi connectivity index (χ1n) is 6.16. The number of pyridine rings is 1. The molecule has 0 spiro atoms. The third kappa shape index (κ3) is 3.07. The zero-order valence-electron chi connectivity index (χ0n) is 10.5. The number of aromatic nitrogens is 1. The number of nitrogens with zero attached hydrogens (tertiary/aromatic N) is 1. The van der Waals surface area contributed by atoms with Crippen LogP contribution in [0.3, 0.4) is 0 Å². The van der Waals surface area contributed by atoms with Crippen molar-refractivity contribution in [3.63, 3.8) is 0 Å². The Bertz CT molecular complexity index is 617. The van der Waals surface area contributed by atoms with Gasteiger partial charge < -0.3 is 14.8 Å². The number of halogens is 2. The lowest BCUT2D eigenvalue weighted by Gasteiger charge is -2.20. The molecule has 1 aromatic heterocycles. The standard InChI is InChI=1S/C14H12Br2N2O2/c15-9-1-2-10(17-7-9)8-18-12-6-14-13(5-11(12)16)19-3-4-20-14/h1-2,5-7,18H,3-4,8H2. The number of fused-ring (bicyclic) bond motifs is 1. The van der Waals surface area contributed by atoms with Gasteiger partial charge in [0, 0.05) is 27.3 Å². The summed E-state index contributed by atoms with van der Waals surface area (Å²) < 4.78 is 13.0. The van der Waals surface area contributed by atoms with Gasteiger partial charge in [0.05, 0.1) is 17.9 Å². The van der Waals surface area contributed by atoms with Gasteiger partial charge in [-0.25, -0.2) is 0 Å². The van der Waals surface area contributed by atoms with Gasteiger partial charge in [0.2, 0.25) is 0 Å². The molecule has 3 rings (SSSR count). The zero-order chi connectivity index (χ0) is 13.9. The molecule has 0 saturated carbocycles. The van der Waals surface area contributed by atoms with Crippen molar-refractivity contribution in [2.75, 3.05) is 18.5 Å². The van der Waals surface area contributed by atoms with Gasteiger partial charge in [-0.2, -0.15) is 0 Å². The first kappa shape index (κ1) is 13.7. The van der Waals surface area contributed by atoms with Crippen LogP contribution in [0.4, 0.5) is 5.69 Å². The average molecular weight is 400 g/mol. The molecule has 0 radical (unpaired) electrons. The third-order valence-corrected chi connectivity index (χ3v) is 4.01. The summed E-state index contributed by atoms with van der Waals surface area (Å²) >= 11 is 6.91. The molecule has 0 amide bonds. The second-order valence-electron chi connectivity index (χ2n) is 4.30. The van der Waals surface area contributed by atoms with Crippen molar-refractivity contribution in [3.05, 3.63) is 45.1 Å². The van der Waals surface area contributed by atoms with Crippen LogP contribution in [0.2, 0.25) is 0 Å². The number of hydrogen-bond acceptors (Lipinski definition) is 4. The van der Waals surface area contributed by atoms with Crippen molar-refractivity contribution in [1.82, 2.24) is 4.98 Å². The van der Waals surface area contributed by atoms with Crippen molar-refractivity contribution in [2.45, 2.75) is 6.54 Å². The molecule has 1 aliphatic heterocycles. The van der Waals surface area contributed by atoms with E-state index in [1.807, 2.05) is 24.3 Å². The SMILES string of the molecule is Brc1ccc(CNc2cc3c(cc2Br)OCCO3)nc1. The van der Waals surface area contributed by atoms with Crippen LogP contribution in [0.5, 0.6) is 11.5 Å². The highest BCUT2D eigenvalue weighted by molar-refractivity contribution is 9.10. The highest BCUT2D eigenvalue weighted by Gasteiger charge is 2.14. The van der Waals surface area contributed by atoms with E-state index in [0.717, 1.165) is 31.8 Å². The van der Waals surface area contributed by atoms with Crippen molar-refractivity contribution in [1.29, 1.82) is 0 Å². The summed E-state index contributed by atoms with van der Waals surface area (Å²) in [5.74, 6) is 1.54. The summed E-state index contributed by atoms with van der Waals surface area (Å²) in [6, 6.07) is 7.81. The van der Waals surface area contributed by atoms with E-state index in [9.17, 15) is 0 Å². The lowest BCUT2D eigenvalue weighted by Crippen LogP contribution is -2.15. The molecule has 0 aliphatic carbocycles. The summed E-state index contributed by atoms with van der Waals surface area (Å²) in [6.45, 7) is 1.82. The fourth-order valence-corrected chi connectivity index (χ4v) is 2.59. The Balaban J connectivity index is 1.75. The molecule has 20 heavy (non-hydrogen) atoms. The Morgan fingerprint density at radius 2 is 1.85 bits per heavy atom. The molecule has 0 atom stereocenters. The molecule has 6 heteroatoms. The zero-order valence-corrected chi connectivity index (χ0v) is 13.7. The Kier molecular flexibility index (Phi) is 4.12. The summed E-state index contributed by atoms with van der Waals surface area (Å²) in [4.78, 5) is 4.33. The monoisotopic (exact) mass is 398 g/mol. The minimum absolute atomic E-state index is 0.586. The maximum atomic E-state index is 5.58. The van der Waals surface area contributed by atoms with E-state index in [-0.39, 0.29) is 0 Å². The highest BCUT2D eigenvalue weighted by atomic mass is 79.9. The molecule has 2 aromatic rings. The van der Waals surface area contributed by atoms with Crippen LogP contribution in [-0.4, -0.2) is 18.2 Å². The van der Waals surface area contributed by atoms with Crippen molar-refractivity contribution >= 4 is 37.5 Å². The summed E-state index contributed by atoms with van der Waals surface area (Å²) in [7, 11) is 0. The van der Waals surface area contributed by atoms with Crippen LogP contribution in [0.15, 0.2) is 39.4 Å². The molecule has 0 bridgehead atoms.